The summed E-state index contributed by atoms with van der Waals surface area (Å²) in [5.41, 5.74) is 7.18. The molecule has 114 valence electrons. The van der Waals surface area contributed by atoms with E-state index in [0.717, 1.165) is 10.0 Å². The van der Waals surface area contributed by atoms with Crippen LogP contribution in [0.1, 0.15) is 39.6 Å². The number of nitrogens with zero attached hydrogens (tertiary/aromatic N) is 2. The Morgan fingerprint density at radius 2 is 2.10 bits per heavy atom. The van der Waals surface area contributed by atoms with Gasteiger partial charge in [-0.1, -0.05) is 25.9 Å². The summed E-state index contributed by atoms with van der Waals surface area (Å²) in [5.74, 6) is 0.999. The van der Waals surface area contributed by atoms with E-state index in [1.807, 2.05) is 19.1 Å². The van der Waals surface area contributed by atoms with E-state index in [9.17, 15) is 0 Å². The third kappa shape index (κ3) is 3.63. The van der Waals surface area contributed by atoms with Crippen LogP contribution in [0.2, 0.25) is 0 Å². The molecule has 0 saturated carbocycles. The number of anilines is 1. The van der Waals surface area contributed by atoms with E-state index in [-0.39, 0.29) is 11.5 Å². The van der Waals surface area contributed by atoms with Gasteiger partial charge < -0.3 is 15.0 Å². The number of ether oxygens (including phenoxy) is 1. The first-order valence-electron chi connectivity index (χ1n) is 6.83. The van der Waals surface area contributed by atoms with Crippen LogP contribution in [0.15, 0.2) is 27.2 Å². The number of benzene rings is 1. The van der Waals surface area contributed by atoms with Gasteiger partial charge in [-0.25, -0.2) is 0 Å². The molecule has 0 saturated heterocycles. The molecule has 1 aromatic heterocycles. The molecule has 1 unspecified atom stereocenters. The zero-order valence-electron chi connectivity index (χ0n) is 12.7. The van der Waals surface area contributed by atoms with Crippen molar-refractivity contribution in [3.8, 4) is 11.5 Å². The monoisotopic (exact) mass is 353 g/mol. The summed E-state index contributed by atoms with van der Waals surface area (Å²) in [6, 6.07) is 5.54. The zero-order valence-corrected chi connectivity index (χ0v) is 14.3. The van der Waals surface area contributed by atoms with Crippen LogP contribution >= 0.6 is 15.9 Å². The number of halogens is 1. The highest BCUT2D eigenvalue weighted by Crippen LogP contribution is 2.35. The first kappa shape index (κ1) is 16.0. The molecule has 5 nitrogen and oxygen atoms in total. The average molecular weight is 354 g/mol. The van der Waals surface area contributed by atoms with Gasteiger partial charge >= 0.3 is 0 Å². The summed E-state index contributed by atoms with van der Waals surface area (Å²) in [7, 11) is 0. The van der Waals surface area contributed by atoms with Crippen LogP contribution in [0.25, 0.3) is 11.5 Å². The Bertz CT molecular complexity index is 620. The predicted octanol–water partition coefficient (Wildman–Crippen LogP) is 4.21. The molecule has 1 aromatic carbocycles. The maximum atomic E-state index is 5.88. The number of hydrogen-bond donors (Lipinski definition) is 1. The molecule has 0 aliphatic carbocycles. The Morgan fingerprint density at radius 1 is 1.38 bits per heavy atom. The molecular weight excluding hydrogens is 334 g/mol. The van der Waals surface area contributed by atoms with Crippen molar-refractivity contribution < 1.29 is 9.26 Å². The van der Waals surface area contributed by atoms with Crippen molar-refractivity contribution >= 4 is 21.6 Å². The molecule has 2 aromatic rings. The summed E-state index contributed by atoms with van der Waals surface area (Å²) in [6.45, 7) is 8.80. The van der Waals surface area contributed by atoms with Gasteiger partial charge in [0, 0.05) is 22.3 Å². The molecule has 1 atom stereocenters. The topological polar surface area (TPSA) is 74.2 Å². The van der Waals surface area contributed by atoms with Crippen LogP contribution in [-0.4, -0.2) is 16.7 Å². The van der Waals surface area contributed by atoms with Crippen LogP contribution in [-0.2, 0) is 4.74 Å². The lowest BCUT2D eigenvalue weighted by Gasteiger charge is -2.27. The molecule has 0 spiro atoms. The van der Waals surface area contributed by atoms with Crippen LogP contribution in [0.4, 0.5) is 5.69 Å². The molecular formula is C15H20BrN3O2. The first-order chi connectivity index (χ1) is 9.82. The quantitative estimate of drug-likeness (QED) is 0.833. The van der Waals surface area contributed by atoms with Gasteiger partial charge in [-0.15, -0.1) is 0 Å². The lowest BCUT2D eigenvalue weighted by Crippen LogP contribution is -2.22. The van der Waals surface area contributed by atoms with Gasteiger partial charge in [0.2, 0.25) is 5.82 Å². The van der Waals surface area contributed by atoms with Crippen LogP contribution in [0.3, 0.4) is 0 Å². The fourth-order valence-electron chi connectivity index (χ4n) is 2.01. The van der Waals surface area contributed by atoms with E-state index in [0.29, 0.717) is 24.0 Å². The van der Waals surface area contributed by atoms with E-state index >= 15 is 0 Å². The highest BCUT2D eigenvalue weighted by molar-refractivity contribution is 9.10. The van der Waals surface area contributed by atoms with Gasteiger partial charge in [0.05, 0.1) is 0 Å². The normalized spacial score (nSPS) is 13.4. The molecule has 0 radical (unpaired) electrons. The van der Waals surface area contributed by atoms with Crippen molar-refractivity contribution in [3.63, 3.8) is 0 Å². The van der Waals surface area contributed by atoms with Crippen molar-refractivity contribution in [1.29, 1.82) is 0 Å². The van der Waals surface area contributed by atoms with Crippen LogP contribution in [0.5, 0.6) is 0 Å². The van der Waals surface area contributed by atoms with E-state index in [1.165, 1.54) is 0 Å². The third-order valence-electron chi connectivity index (χ3n) is 3.04. The van der Waals surface area contributed by atoms with E-state index in [1.54, 1.807) is 6.07 Å². The summed E-state index contributed by atoms with van der Waals surface area (Å²) < 4.78 is 12.0. The summed E-state index contributed by atoms with van der Waals surface area (Å²) in [4.78, 5) is 4.46. The van der Waals surface area contributed by atoms with Crippen molar-refractivity contribution in [2.24, 2.45) is 5.41 Å². The fourth-order valence-corrected chi connectivity index (χ4v) is 2.26. The second-order valence-corrected chi connectivity index (χ2v) is 6.75. The van der Waals surface area contributed by atoms with E-state index in [4.69, 9.17) is 15.0 Å². The highest BCUT2D eigenvalue weighted by atomic mass is 79.9. The van der Waals surface area contributed by atoms with E-state index in [2.05, 4.69) is 46.8 Å². The molecule has 2 N–H and O–H groups in total. The molecule has 1 heterocycles. The molecule has 0 aliphatic rings. The lowest BCUT2D eigenvalue weighted by molar-refractivity contribution is -0.0203. The Labute approximate surface area is 133 Å². The minimum absolute atomic E-state index is 0.115. The Balaban J connectivity index is 2.33. The van der Waals surface area contributed by atoms with Gasteiger partial charge in [-0.05, 0) is 46.5 Å². The molecule has 0 amide bonds. The number of rotatable bonds is 4. The van der Waals surface area contributed by atoms with Crippen LogP contribution in [0, 0.1) is 5.41 Å². The van der Waals surface area contributed by atoms with Gasteiger partial charge in [0.15, 0.2) is 0 Å². The number of nitrogens with two attached hydrogens (primary N) is 1. The highest BCUT2D eigenvalue weighted by Gasteiger charge is 2.31. The standard InChI is InChI=1S/C15H20BrN3O2/c1-5-20-12(15(2,3)4)13-18-14(21-19-13)9-6-7-10(16)11(17)8-9/h6-8,12H,5,17H2,1-4H3. The van der Waals surface area contributed by atoms with Crippen molar-refractivity contribution in [2.45, 2.75) is 33.8 Å². The number of aromatic nitrogens is 2. The Hall–Kier alpha value is -1.40. The Morgan fingerprint density at radius 3 is 2.67 bits per heavy atom. The molecule has 0 bridgehead atoms. The first-order valence-corrected chi connectivity index (χ1v) is 7.63. The van der Waals surface area contributed by atoms with E-state index < -0.39 is 0 Å². The fraction of sp³-hybridized carbons (Fsp3) is 0.467. The summed E-state index contributed by atoms with van der Waals surface area (Å²) in [6.07, 6.45) is -0.215. The largest absolute Gasteiger partial charge is 0.398 e. The minimum Gasteiger partial charge on any atom is -0.398 e. The van der Waals surface area contributed by atoms with Crippen molar-refractivity contribution in [2.75, 3.05) is 12.3 Å². The number of nitrogen functional groups attached to an aromatic ring is 1. The van der Waals surface area contributed by atoms with Gasteiger partial charge in [0.1, 0.15) is 6.10 Å². The van der Waals surface area contributed by atoms with Gasteiger partial charge in [0.25, 0.3) is 5.89 Å². The molecule has 2 rings (SSSR count). The second kappa shape index (κ2) is 6.15. The average Bonchev–Trinajstić information content (AvgIpc) is 2.87. The molecule has 0 aliphatic heterocycles. The summed E-state index contributed by atoms with van der Waals surface area (Å²) in [5, 5.41) is 4.07. The SMILES string of the molecule is CCOC(c1noc(-c2ccc(Br)c(N)c2)n1)C(C)(C)C. The molecule has 0 fully saturated rings. The van der Waals surface area contributed by atoms with Crippen LogP contribution < -0.4 is 5.73 Å². The molecule has 21 heavy (non-hydrogen) atoms. The minimum atomic E-state index is -0.215. The van der Waals surface area contributed by atoms with Crippen molar-refractivity contribution in [3.05, 3.63) is 28.5 Å². The van der Waals surface area contributed by atoms with Gasteiger partial charge in [-0.2, -0.15) is 4.98 Å². The maximum Gasteiger partial charge on any atom is 0.258 e. The second-order valence-electron chi connectivity index (χ2n) is 5.90. The number of hydrogen-bond acceptors (Lipinski definition) is 5. The lowest BCUT2D eigenvalue weighted by atomic mass is 9.88. The molecule has 6 heteroatoms. The third-order valence-corrected chi connectivity index (χ3v) is 3.76. The Kier molecular flexibility index (Phi) is 4.68. The van der Waals surface area contributed by atoms with Gasteiger partial charge in [-0.3, -0.25) is 0 Å². The summed E-state index contributed by atoms with van der Waals surface area (Å²) >= 11 is 3.37. The van der Waals surface area contributed by atoms with Crippen molar-refractivity contribution in [1.82, 2.24) is 10.1 Å². The smallest absolute Gasteiger partial charge is 0.258 e. The predicted molar refractivity (Wildman–Crippen MR) is 85.7 cm³/mol. The maximum absolute atomic E-state index is 5.88. The zero-order chi connectivity index (χ0) is 15.6.